The van der Waals surface area contributed by atoms with Crippen molar-refractivity contribution in [2.45, 2.75) is 38.8 Å². The van der Waals surface area contributed by atoms with E-state index in [0.29, 0.717) is 19.4 Å². The number of aryl methyl sites for hydroxylation is 1. The molecule has 1 aromatic rings. The molecule has 6 heteroatoms. The van der Waals surface area contributed by atoms with Crippen molar-refractivity contribution in [2.75, 3.05) is 0 Å². The first-order valence-corrected chi connectivity index (χ1v) is 6.73. The number of rotatable bonds is 4. The number of pyridine rings is 1. The summed E-state index contributed by atoms with van der Waals surface area (Å²) < 4.78 is 0. The molecule has 2 atom stereocenters. The van der Waals surface area contributed by atoms with Gasteiger partial charge in [0.05, 0.1) is 5.92 Å². The standard InChI is InChI=1S/C14H19N3O3/c1-9-4-5-15-7-11(9)8-16-14(20)17-12-3-2-10(6-12)13(18)19/h4-5,7,10,12H,2-3,6,8H2,1H3,(H,18,19)(H2,16,17,20)/t10-,12+/m1/s1. The van der Waals surface area contributed by atoms with Crippen LogP contribution in [0.25, 0.3) is 0 Å². The van der Waals surface area contributed by atoms with Crippen LogP contribution >= 0.6 is 0 Å². The molecule has 0 saturated heterocycles. The summed E-state index contributed by atoms with van der Waals surface area (Å²) >= 11 is 0. The fourth-order valence-electron chi connectivity index (χ4n) is 2.43. The van der Waals surface area contributed by atoms with E-state index in [9.17, 15) is 9.59 Å². The molecule has 3 N–H and O–H groups in total. The molecule has 0 unspecified atom stereocenters. The minimum absolute atomic E-state index is 0.0499. The number of carboxylic acid groups (broad SMARTS) is 1. The number of carboxylic acids is 1. The Bertz CT molecular complexity index is 504. The Labute approximate surface area is 117 Å². The van der Waals surface area contributed by atoms with E-state index in [1.165, 1.54) is 0 Å². The zero-order valence-corrected chi connectivity index (χ0v) is 11.4. The summed E-state index contributed by atoms with van der Waals surface area (Å²) in [5, 5.41) is 14.5. The Balaban J connectivity index is 1.77. The van der Waals surface area contributed by atoms with Crippen molar-refractivity contribution in [2.24, 2.45) is 5.92 Å². The van der Waals surface area contributed by atoms with E-state index in [-0.39, 0.29) is 18.0 Å². The zero-order chi connectivity index (χ0) is 14.5. The fraction of sp³-hybridized carbons (Fsp3) is 0.500. The minimum Gasteiger partial charge on any atom is -0.481 e. The van der Waals surface area contributed by atoms with Crippen molar-refractivity contribution in [1.29, 1.82) is 0 Å². The van der Waals surface area contributed by atoms with Crippen LogP contribution in [0.15, 0.2) is 18.5 Å². The van der Waals surface area contributed by atoms with E-state index in [1.807, 2.05) is 13.0 Å². The van der Waals surface area contributed by atoms with Crippen LogP contribution in [0.3, 0.4) is 0 Å². The number of hydrogen-bond donors (Lipinski definition) is 3. The molecule has 6 nitrogen and oxygen atoms in total. The number of amides is 2. The van der Waals surface area contributed by atoms with Gasteiger partial charge in [0.15, 0.2) is 0 Å². The number of urea groups is 1. The van der Waals surface area contributed by atoms with Crippen LogP contribution in [0.1, 0.15) is 30.4 Å². The number of carbonyl (C=O) groups is 2. The van der Waals surface area contributed by atoms with Crippen molar-refractivity contribution in [3.05, 3.63) is 29.6 Å². The molecule has 20 heavy (non-hydrogen) atoms. The van der Waals surface area contributed by atoms with E-state index >= 15 is 0 Å². The van der Waals surface area contributed by atoms with Gasteiger partial charge < -0.3 is 15.7 Å². The number of aliphatic carboxylic acids is 1. The molecule has 2 rings (SSSR count). The lowest BCUT2D eigenvalue weighted by Gasteiger charge is -2.14. The summed E-state index contributed by atoms with van der Waals surface area (Å²) in [4.78, 5) is 26.6. The lowest BCUT2D eigenvalue weighted by molar-refractivity contribution is -0.141. The van der Waals surface area contributed by atoms with Gasteiger partial charge in [-0.3, -0.25) is 9.78 Å². The lowest BCUT2D eigenvalue weighted by atomic mass is 10.1. The Morgan fingerprint density at radius 3 is 2.90 bits per heavy atom. The third-order valence-corrected chi connectivity index (χ3v) is 3.70. The van der Waals surface area contributed by atoms with Crippen molar-refractivity contribution in [3.63, 3.8) is 0 Å². The molecule has 1 saturated carbocycles. The molecule has 0 aromatic carbocycles. The average molecular weight is 277 g/mol. The van der Waals surface area contributed by atoms with Gasteiger partial charge in [-0.2, -0.15) is 0 Å². The number of nitrogens with zero attached hydrogens (tertiary/aromatic N) is 1. The van der Waals surface area contributed by atoms with Crippen LogP contribution in [0.4, 0.5) is 4.79 Å². The van der Waals surface area contributed by atoms with E-state index in [4.69, 9.17) is 5.11 Å². The van der Waals surface area contributed by atoms with Gasteiger partial charge in [-0.25, -0.2) is 4.79 Å². The summed E-state index contributed by atoms with van der Waals surface area (Å²) in [7, 11) is 0. The van der Waals surface area contributed by atoms with Crippen LogP contribution in [0, 0.1) is 12.8 Å². The van der Waals surface area contributed by atoms with E-state index in [1.54, 1.807) is 12.4 Å². The van der Waals surface area contributed by atoms with Crippen LogP contribution < -0.4 is 10.6 Å². The molecule has 108 valence electrons. The average Bonchev–Trinajstić information content (AvgIpc) is 2.86. The van der Waals surface area contributed by atoms with Crippen LogP contribution in [0.2, 0.25) is 0 Å². The molecule has 0 spiro atoms. The SMILES string of the molecule is Cc1ccncc1CNC(=O)N[C@H]1CC[C@@H](C(=O)O)C1. The maximum Gasteiger partial charge on any atom is 0.315 e. The smallest absolute Gasteiger partial charge is 0.315 e. The number of nitrogens with one attached hydrogen (secondary N) is 2. The fourth-order valence-corrected chi connectivity index (χ4v) is 2.43. The second kappa shape index (κ2) is 6.36. The van der Waals surface area contributed by atoms with Crippen molar-refractivity contribution in [3.8, 4) is 0 Å². The van der Waals surface area contributed by atoms with E-state index in [2.05, 4.69) is 15.6 Å². The molecule has 1 heterocycles. The lowest BCUT2D eigenvalue weighted by Crippen LogP contribution is -2.41. The Morgan fingerprint density at radius 2 is 2.25 bits per heavy atom. The van der Waals surface area contributed by atoms with Gasteiger partial charge in [0.2, 0.25) is 0 Å². The minimum atomic E-state index is -0.777. The van der Waals surface area contributed by atoms with Crippen molar-refractivity contribution in [1.82, 2.24) is 15.6 Å². The van der Waals surface area contributed by atoms with Crippen molar-refractivity contribution >= 4 is 12.0 Å². The maximum atomic E-state index is 11.8. The number of hydrogen-bond acceptors (Lipinski definition) is 3. The normalized spacial score (nSPS) is 21.4. The molecule has 1 aromatic heterocycles. The third kappa shape index (κ3) is 3.69. The van der Waals surface area contributed by atoms with Crippen LogP contribution in [-0.2, 0) is 11.3 Å². The molecule has 1 fully saturated rings. The highest BCUT2D eigenvalue weighted by Gasteiger charge is 2.30. The van der Waals surface area contributed by atoms with Gasteiger partial charge in [0.25, 0.3) is 0 Å². The highest BCUT2D eigenvalue weighted by molar-refractivity contribution is 5.75. The monoisotopic (exact) mass is 277 g/mol. The second-order valence-electron chi connectivity index (χ2n) is 5.17. The summed E-state index contributed by atoms with van der Waals surface area (Å²) in [6.07, 6.45) is 5.29. The summed E-state index contributed by atoms with van der Waals surface area (Å²) in [6, 6.07) is 1.58. The highest BCUT2D eigenvalue weighted by atomic mass is 16.4. The molecule has 0 radical (unpaired) electrons. The molecular formula is C14H19N3O3. The van der Waals surface area contributed by atoms with E-state index in [0.717, 1.165) is 17.5 Å². The van der Waals surface area contributed by atoms with E-state index < -0.39 is 5.97 Å². The first-order valence-electron chi connectivity index (χ1n) is 6.73. The largest absolute Gasteiger partial charge is 0.481 e. The second-order valence-corrected chi connectivity index (χ2v) is 5.17. The molecule has 2 amide bonds. The van der Waals surface area contributed by atoms with Gasteiger partial charge in [0, 0.05) is 25.0 Å². The predicted octanol–water partition coefficient (Wildman–Crippen LogP) is 1.44. The summed E-state index contributed by atoms with van der Waals surface area (Å²) in [5.41, 5.74) is 2.05. The summed E-state index contributed by atoms with van der Waals surface area (Å²) in [5.74, 6) is -1.11. The van der Waals surface area contributed by atoms with Gasteiger partial charge in [-0.15, -0.1) is 0 Å². The van der Waals surface area contributed by atoms with Gasteiger partial charge in [-0.05, 0) is 43.4 Å². The molecule has 1 aliphatic carbocycles. The first kappa shape index (κ1) is 14.3. The third-order valence-electron chi connectivity index (χ3n) is 3.70. The van der Waals surface area contributed by atoms with Gasteiger partial charge >= 0.3 is 12.0 Å². The van der Waals surface area contributed by atoms with Gasteiger partial charge in [0.1, 0.15) is 0 Å². The zero-order valence-electron chi connectivity index (χ0n) is 11.4. The molecule has 0 aliphatic heterocycles. The Kier molecular flexibility index (Phi) is 4.55. The van der Waals surface area contributed by atoms with Crippen LogP contribution in [-0.4, -0.2) is 28.1 Å². The Hall–Kier alpha value is -2.11. The van der Waals surface area contributed by atoms with Gasteiger partial charge in [-0.1, -0.05) is 0 Å². The quantitative estimate of drug-likeness (QED) is 0.776. The number of carbonyl (C=O) groups excluding carboxylic acids is 1. The summed E-state index contributed by atoms with van der Waals surface area (Å²) in [6.45, 7) is 2.38. The highest BCUT2D eigenvalue weighted by Crippen LogP contribution is 2.25. The van der Waals surface area contributed by atoms with Crippen molar-refractivity contribution < 1.29 is 14.7 Å². The number of aromatic nitrogens is 1. The maximum absolute atomic E-state index is 11.8. The predicted molar refractivity (Wildman–Crippen MR) is 73.1 cm³/mol. The molecule has 1 aliphatic rings. The van der Waals surface area contributed by atoms with Crippen LogP contribution in [0.5, 0.6) is 0 Å². The first-order chi connectivity index (χ1) is 9.56. The molecule has 0 bridgehead atoms. The topological polar surface area (TPSA) is 91.3 Å². The Morgan fingerprint density at radius 1 is 1.45 bits per heavy atom. The molecular weight excluding hydrogens is 258 g/mol.